The zero-order chi connectivity index (χ0) is 33.4. The standard InChI is InChI=1S/C46H31N3S/c1-46(2)37-18-10-8-14-32(37)33-25-24-31(26-38(33)46)40-27-39(28-12-4-3-5-13-28)47-44(48-40)30-22-20-29(21-23-30)43-35-16-7-6-15-34(35)42-36-17-9-11-19-41(36)50-45(42)49-43/h3-27H,1-2H3. The van der Waals surface area contributed by atoms with Gasteiger partial charge >= 0.3 is 0 Å². The maximum Gasteiger partial charge on any atom is 0.160 e. The van der Waals surface area contributed by atoms with E-state index in [0.29, 0.717) is 5.82 Å². The van der Waals surface area contributed by atoms with Crippen LogP contribution in [0.3, 0.4) is 0 Å². The van der Waals surface area contributed by atoms with E-state index in [0.717, 1.165) is 49.6 Å². The van der Waals surface area contributed by atoms with Crippen molar-refractivity contribution in [1.29, 1.82) is 0 Å². The van der Waals surface area contributed by atoms with Crippen molar-refractivity contribution in [3.63, 3.8) is 0 Å². The van der Waals surface area contributed by atoms with Crippen LogP contribution in [0.25, 0.3) is 87.4 Å². The molecule has 3 aromatic heterocycles. The number of rotatable bonds is 4. The van der Waals surface area contributed by atoms with Crippen LogP contribution in [0.15, 0.2) is 152 Å². The Morgan fingerprint density at radius 1 is 0.460 bits per heavy atom. The second-order valence-corrected chi connectivity index (χ2v) is 14.7. The van der Waals surface area contributed by atoms with Crippen LogP contribution in [0, 0.1) is 0 Å². The molecule has 0 aliphatic heterocycles. The molecule has 1 aliphatic carbocycles. The fraction of sp³-hybridized carbons (Fsp3) is 0.0652. The summed E-state index contributed by atoms with van der Waals surface area (Å²) >= 11 is 1.76. The summed E-state index contributed by atoms with van der Waals surface area (Å²) in [5.41, 5.74) is 12.2. The highest BCUT2D eigenvalue weighted by atomic mass is 32.1. The summed E-state index contributed by atoms with van der Waals surface area (Å²) in [6, 6.07) is 53.9. The summed E-state index contributed by atoms with van der Waals surface area (Å²) < 4.78 is 1.26. The number of nitrogens with zero attached hydrogens (tertiary/aromatic N) is 3. The molecule has 0 atom stereocenters. The monoisotopic (exact) mass is 657 g/mol. The Balaban J connectivity index is 1.10. The van der Waals surface area contributed by atoms with Gasteiger partial charge in [0.05, 0.1) is 17.1 Å². The van der Waals surface area contributed by atoms with E-state index in [1.807, 2.05) is 6.07 Å². The van der Waals surface area contributed by atoms with Crippen molar-refractivity contribution < 1.29 is 0 Å². The summed E-state index contributed by atoms with van der Waals surface area (Å²) in [4.78, 5) is 16.7. The Labute approximate surface area is 294 Å². The lowest BCUT2D eigenvalue weighted by Gasteiger charge is -2.22. The zero-order valence-electron chi connectivity index (χ0n) is 27.7. The van der Waals surface area contributed by atoms with E-state index < -0.39 is 0 Å². The van der Waals surface area contributed by atoms with Crippen molar-refractivity contribution in [1.82, 2.24) is 15.0 Å². The van der Waals surface area contributed by atoms with Gasteiger partial charge < -0.3 is 0 Å². The zero-order valence-corrected chi connectivity index (χ0v) is 28.5. The molecule has 0 unspecified atom stereocenters. The first-order chi connectivity index (χ1) is 24.5. The van der Waals surface area contributed by atoms with Crippen LogP contribution >= 0.6 is 11.3 Å². The van der Waals surface area contributed by atoms with Gasteiger partial charge in [-0.25, -0.2) is 15.0 Å². The van der Waals surface area contributed by atoms with Gasteiger partial charge in [-0.2, -0.15) is 0 Å². The number of hydrogen-bond donors (Lipinski definition) is 0. The van der Waals surface area contributed by atoms with Gasteiger partial charge in [0.2, 0.25) is 0 Å². The minimum absolute atomic E-state index is 0.0903. The van der Waals surface area contributed by atoms with Gasteiger partial charge in [0.25, 0.3) is 0 Å². The van der Waals surface area contributed by atoms with Crippen LogP contribution in [0.1, 0.15) is 25.0 Å². The average molecular weight is 658 g/mol. The number of thiophene rings is 1. The molecule has 0 N–H and O–H groups in total. The smallest absolute Gasteiger partial charge is 0.160 e. The highest BCUT2D eigenvalue weighted by Gasteiger charge is 2.35. The van der Waals surface area contributed by atoms with Crippen LogP contribution in [-0.4, -0.2) is 15.0 Å². The fourth-order valence-electron chi connectivity index (χ4n) is 7.78. The summed E-state index contributed by atoms with van der Waals surface area (Å²) in [5, 5.41) is 4.89. The van der Waals surface area contributed by atoms with Gasteiger partial charge in [-0.1, -0.05) is 147 Å². The molecule has 0 saturated carbocycles. The molecule has 3 heterocycles. The summed E-state index contributed by atoms with van der Waals surface area (Å²) in [6.07, 6.45) is 0. The molecule has 4 heteroatoms. The lowest BCUT2D eigenvalue weighted by molar-refractivity contribution is 0.660. The fourth-order valence-corrected chi connectivity index (χ4v) is 8.88. The normalized spacial score (nSPS) is 13.2. The Hall–Kier alpha value is -5.97. The molecule has 0 saturated heterocycles. The predicted octanol–water partition coefficient (Wildman–Crippen LogP) is 12.4. The minimum Gasteiger partial charge on any atom is -0.236 e. The maximum atomic E-state index is 5.26. The van der Waals surface area contributed by atoms with E-state index in [4.69, 9.17) is 15.0 Å². The van der Waals surface area contributed by atoms with Crippen molar-refractivity contribution in [3.05, 3.63) is 163 Å². The molecule has 0 radical (unpaired) electrons. The van der Waals surface area contributed by atoms with Crippen LogP contribution in [-0.2, 0) is 5.41 Å². The van der Waals surface area contributed by atoms with E-state index in [-0.39, 0.29) is 5.41 Å². The van der Waals surface area contributed by atoms with Gasteiger partial charge in [0, 0.05) is 48.5 Å². The second kappa shape index (κ2) is 11.0. The molecule has 1 aliphatic rings. The average Bonchev–Trinajstić information content (AvgIpc) is 3.66. The maximum absolute atomic E-state index is 5.26. The lowest BCUT2D eigenvalue weighted by Crippen LogP contribution is -2.14. The minimum atomic E-state index is -0.0903. The van der Waals surface area contributed by atoms with Gasteiger partial charge in [-0.15, -0.1) is 11.3 Å². The number of benzene rings is 6. The van der Waals surface area contributed by atoms with Crippen LogP contribution in [0.5, 0.6) is 0 Å². The Morgan fingerprint density at radius 3 is 1.90 bits per heavy atom. The molecule has 10 rings (SSSR count). The van der Waals surface area contributed by atoms with Gasteiger partial charge in [-0.05, 0) is 45.8 Å². The molecule has 0 bridgehead atoms. The number of fused-ring (bicyclic) bond motifs is 8. The summed E-state index contributed by atoms with van der Waals surface area (Å²) in [5.74, 6) is 0.703. The summed E-state index contributed by atoms with van der Waals surface area (Å²) in [7, 11) is 0. The molecule has 6 aromatic carbocycles. The van der Waals surface area contributed by atoms with Gasteiger partial charge in [0.1, 0.15) is 4.83 Å². The Bertz CT molecular complexity index is 2780. The van der Waals surface area contributed by atoms with Crippen molar-refractivity contribution in [2.24, 2.45) is 0 Å². The molecule has 3 nitrogen and oxygen atoms in total. The molecular weight excluding hydrogens is 627 g/mol. The summed E-state index contributed by atoms with van der Waals surface area (Å²) in [6.45, 7) is 4.64. The topological polar surface area (TPSA) is 38.7 Å². The molecular formula is C46H31N3S. The Kier molecular flexibility index (Phi) is 6.39. The third kappa shape index (κ3) is 4.45. The van der Waals surface area contributed by atoms with Gasteiger partial charge in [0.15, 0.2) is 5.82 Å². The van der Waals surface area contributed by atoms with E-state index in [1.165, 1.54) is 43.1 Å². The van der Waals surface area contributed by atoms with Crippen molar-refractivity contribution in [2.75, 3.05) is 0 Å². The molecule has 0 spiro atoms. The highest BCUT2D eigenvalue weighted by Crippen LogP contribution is 2.49. The van der Waals surface area contributed by atoms with Crippen LogP contribution in [0.2, 0.25) is 0 Å². The third-order valence-corrected chi connectivity index (χ3v) is 11.4. The number of aromatic nitrogens is 3. The number of pyridine rings is 1. The van der Waals surface area contributed by atoms with E-state index >= 15 is 0 Å². The SMILES string of the molecule is CC1(C)c2ccccc2-c2ccc(-c3cc(-c4ccccc4)nc(-c4ccc(-c5nc6sc7ccccc7c6c6ccccc56)cc4)n3)cc21. The van der Waals surface area contributed by atoms with Crippen LogP contribution in [0.4, 0.5) is 0 Å². The first-order valence-corrected chi connectivity index (χ1v) is 17.8. The Morgan fingerprint density at radius 2 is 1.08 bits per heavy atom. The first-order valence-electron chi connectivity index (χ1n) is 17.0. The molecule has 9 aromatic rings. The number of hydrogen-bond acceptors (Lipinski definition) is 4. The second-order valence-electron chi connectivity index (χ2n) is 13.6. The molecule has 236 valence electrons. The predicted molar refractivity (Wildman–Crippen MR) is 210 cm³/mol. The molecule has 0 fully saturated rings. The molecule has 50 heavy (non-hydrogen) atoms. The highest BCUT2D eigenvalue weighted by molar-refractivity contribution is 7.25. The third-order valence-electron chi connectivity index (χ3n) is 10.3. The largest absolute Gasteiger partial charge is 0.236 e. The quantitative estimate of drug-likeness (QED) is 0.189. The first kappa shape index (κ1) is 29.0. The lowest BCUT2D eigenvalue weighted by atomic mass is 9.82. The molecule has 0 amide bonds. The van der Waals surface area contributed by atoms with Gasteiger partial charge in [-0.3, -0.25) is 0 Å². The van der Waals surface area contributed by atoms with Crippen molar-refractivity contribution in [3.8, 4) is 56.3 Å². The van der Waals surface area contributed by atoms with Crippen molar-refractivity contribution in [2.45, 2.75) is 19.3 Å². The van der Waals surface area contributed by atoms with E-state index in [9.17, 15) is 0 Å². The van der Waals surface area contributed by atoms with E-state index in [1.54, 1.807) is 11.3 Å². The van der Waals surface area contributed by atoms with E-state index in [2.05, 4.69) is 159 Å². The van der Waals surface area contributed by atoms with Crippen LogP contribution < -0.4 is 0 Å². The van der Waals surface area contributed by atoms with Crippen molar-refractivity contribution >= 4 is 42.4 Å².